The average Bonchev–Trinajstić information content (AvgIpc) is 3.20. The fraction of sp³-hybridized carbons (Fsp3) is 0.211. The zero-order valence-electron chi connectivity index (χ0n) is 15.1. The summed E-state index contributed by atoms with van der Waals surface area (Å²) in [5.74, 6) is 1.32. The molecule has 3 rings (SSSR count). The van der Waals surface area contributed by atoms with Crippen LogP contribution in [0.5, 0.6) is 17.2 Å². The van der Waals surface area contributed by atoms with Crippen LogP contribution < -0.4 is 14.2 Å². The normalized spacial score (nSPS) is 10.3. The summed E-state index contributed by atoms with van der Waals surface area (Å²) in [6.07, 6.45) is 0. The highest BCUT2D eigenvalue weighted by Crippen LogP contribution is 2.40. The smallest absolute Gasteiger partial charge is 0.338 e. The van der Waals surface area contributed by atoms with E-state index in [4.69, 9.17) is 23.4 Å². The van der Waals surface area contributed by atoms with Crippen LogP contribution in [0.3, 0.4) is 0 Å². The molecule has 0 amide bonds. The van der Waals surface area contributed by atoms with Crippen molar-refractivity contribution in [3.8, 4) is 28.7 Å². The van der Waals surface area contributed by atoms with Crippen LogP contribution in [0.15, 0.2) is 46.9 Å². The van der Waals surface area contributed by atoms with Crippen molar-refractivity contribution >= 4 is 5.97 Å². The fourth-order valence-electron chi connectivity index (χ4n) is 2.42. The van der Waals surface area contributed by atoms with E-state index in [1.54, 1.807) is 36.4 Å². The number of nitrogens with zero attached hydrogens (tertiary/aromatic N) is 2. The number of carbonyl (C=O) groups excluding carboxylic acids is 1. The Bertz CT molecular complexity index is 898. The quantitative estimate of drug-likeness (QED) is 0.586. The number of ether oxygens (including phenoxy) is 4. The predicted octanol–water partition coefficient (Wildman–Crippen LogP) is 3.12. The van der Waals surface area contributed by atoms with Crippen molar-refractivity contribution in [2.75, 3.05) is 21.3 Å². The van der Waals surface area contributed by atoms with E-state index in [9.17, 15) is 4.79 Å². The molecule has 0 unspecified atom stereocenters. The highest BCUT2D eigenvalue weighted by Gasteiger charge is 2.18. The van der Waals surface area contributed by atoms with E-state index in [1.165, 1.54) is 21.3 Å². The summed E-state index contributed by atoms with van der Waals surface area (Å²) in [6, 6.07) is 12.0. The standard InChI is InChI=1S/C19H18N2O6/c1-23-14-9-13(10-15(24-2)17(14)25-3)18-21-20-16(27-18)11-26-19(22)12-7-5-4-6-8-12/h4-10H,11H2,1-3H3. The third-order valence-corrected chi connectivity index (χ3v) is 3.71. The first kappa shape index (κ1) is 18.2. The second kappa shape index (κ2) is 8.22. The van der Waals surface area contributed by atoms with Crippen molar-refractivity contribution in [1.29, 1.82) is 0 Å². The molecule has 2 aromatic carbocycles. The molecule has 0 radical (unpaired) electrons. The van der Waals surface area contributed by atoms with Gasteiger partial charge in [0.15, 0.2) is 18.1 Å². The van der Waals surface area contributed by atoms with Crippen LogP contribution in [0.2, 0.25) is 0 Å². The molecule has 140 valence electrons. The SMILES string of the molecule is COc1cc(-c2nnc(COC(=O)c3ccccc3)o2)cc(OC)c1OC. The van der Waals surface area contributed by atoms with Crippen LogP contribution in [0.25, 0.3) is 11.5 Å². The Kier molecular flexibility index (Phi) is 5.55. The Labute approximate surface area is 155 Å². The summed E-state index contributed by atoms with van der Waals surface area (Å²) in [6.45, 7) is -0.134. The summed E-state index contributed by atoms with van der Waals surface area (Å²) in [7, 11) is 4.55. The van der Waals surface area contributed by atoms with E-state index < -0.39 is 5.97 Å². The van der Waals surface area contributed by atoms with Crippen LogP contribution in [0, 0.1) is 0 Å². The fourth-order valence-corrected chi connectivity index (χ4v) is 2.42. The Morgan fingerprint density at radius 1 is 0.963 bits per heavy atom. The van der Waals surface area contributed by atoms with Gasteiger partial charge in [-0.2, -0.15) is 0 Å². The second-order valence-corrected chi connectivity index (χ2v) is 5.36. The molecule has 1 aromatic heterocycles. The molecule has 0 fully saturated rings. The lowest BCUT2D eigenvalue weighted by Gasteiger charge is -2.12. The van der Waals surface area contributed by atoms with Gasteiger partial charge in [-0.05, 0) is 24.3 Å². The van der Waals surface area contributed by atoms with E-state index in [0.717, 1.165) is 0 Å². The first-order valence-corrected chi connectivity index (χ1v) is 8.01. The lowest BCUT2D eigenvalue weighted by Crippen LogP contribution is -2.05. The maximum atomic E-state index is 12.0. The maximum absolute atomic E-state index is 12.0. The molecule has 27 heavy (non-hydrogen) atoms. The molecular formula is C19H18N2O6. The Hall–Kier alpha value is -3.55. The molecular weight excluding hydrogens is 352 g/mol. The van der Waals surface area contributed by atoms with Gasteiger partial charge in [-0.1, -0.05) is 18.2 Å². The lowest BCUT2D eigenvalue weighted by molar-refractivity contribution is 0.0438. The number of benzene rings is 2. The topological polar surface area (TPSA) is 92.9 Å². The minimum absolute atomic E-state index is 0.134. The van der Waals surface area contributed by atoms with Crippen LogP contribution in [-0.4, -0.2) is 37.5 Å². The number of methoxy groups -OCH3 is 3. The van der Waals surface area contributed by atoms with E-state index >= 15 is 0 Å². The van der Waals surface area contributed by atoms with Crippen molar-refractivity contribution in [3.63, 3.8) is 0 Å². The van der Waals surface area contributed by atoms with Gasteiger partial charge < -0.3 is 23.4 Å². The van der Waals surface area contributed by atoms with Gasteiger partial charge in [-0.3, -0.25) is 0 Å². The van der Waals surface area contributed by atoms with Gasteiger partial charge in [0.05, 0.1) is 26.9 Å². The van der Waals surface area contributed by atoms with Crippen molar-refractivity contribution in [2.24, 2.45) is 0 Å². The van der Waals surface area contributed by atoms with Crippen molar-refractivity contribution in [1.82, 2.24) is 10.2 Å². The van der Waals surface area contributed by atoms with Crippen LogP contribution in [-0.2, 0) is 11.3 Å². The number of aromatic nitrogens is 2. The molecule has 8 heteroatoms. The van der Waals surface area contributed by atoms with Crippen LogP contribution in [0.4, 0.5) is 0 Å². The van der Waals surface area contributed by atoms with Crippen molar-refractivity contribution in [2.45, 2.75) is 6.61 Å². The molecule has 0 aliphatic heterocycles. The molecule has 1 heterocycles. The van der Waals surface area contributed by atoms with Gasteiger partial charge in [-0.25, -0.2) is 4.79 Å². The third kappa shape index (κ3) is 4.00. The zero-order chi connectivity index (χ0) is 19.2. The summed E-state index contributed by atoms with van der Waals surface area (Å²) in [5, 5.41) is 7.89. The molecule has 0 aliphatic rings. The minimum Gasteiger partial charge on any atom is -0.493 e. The molecule has 0 saturated heterocycles. The zero-order valence-corrected chi connectivity index (χ0v) is 15.1. The van der Waals surface area contributed by atoms with E-state index in [2.05, 4.69) is 10.2 Å². The first-order chi connectivity index (χ1) is 13.2. The van der Waals surface area contributed by atoms with Gasteiger partial charge >= 0.3 is 5.97 Å². The third-order valence-electron chi connectivity index (χ3n) is 3.71. The van der Waals surface area contributed by atoms with E-state index in [0.29, 0.717) is 28.4 Å². The van der Waals surface area contributed by atoms with Gasteiger partial charge in [-0.15, -0.1) is 10.2 Å². The lowest BCUT2D eigenvalue weighted by atomic mass is 10.2. The molecule has 3 aromatic rings. The van der Waals surface area contributed by atoms with Gasteiger partial charge in [0.1, 0.15) is 0 Å². The van der Waals surface area contributed by atoms with E-state index in [1.807, 2.05) is 6.07 Å². The minimum atomic E-state index is -0.469. The number of hydrogen-bond donors (Lipinski definition) is 0. The maximum Gasteiger partial charge on any atom is 0.338 e. The van der Waals surface area contributed by atoms with Gasteiger partial charge in [0, 0.05) is 5.56 Å². The predicted molar refractivity (Wildman–Crippen MR) is 95.0 cm³/mol. The molecule has 0 N–H and O–H groups in total. The van der Waals surface area contributed by atoms with Gasteiger partial charge in [0.2, 0.25) is 11.6 Å². The van der Waals surface area contributed by atoms with E-state index in [-0.39, 0.29) is 18.4 Å². The molecule has 8 nitrogen and oxygen atoms in total. The highest BCUT2D eigenvalue weighted by atomic mass is 16.5. The second-order valence-electron chi connectivity index (χ2n) is 5.36. The molecule has 0 atom stereocenters. The van der Waals surface area contributed by atoms with Crippen LogP contribution >= 0.6 is 0 Å². The van der Waals surface area contributed by atoms with Crippen LogP contribution in [0.1, 0.15) is 16.2 Å². The Morgan fingerprint density at radius 3 is 2.22 bits per heavy atom. The number of esters is 1. The Balaban J connectivity index is 1.77. The number of carbonyl (C=O) groups is 1. The molecule has 0 bridgehead atoms. The van der Waals surface area contributed by atoms with Crippen molar-refractivity contribution in [3.05, 3.63) is 53.9 Å². The Morgan fingerprint density at radius 2 is 1.63 bits per heavy atom. The summed E-state index contributed by atoms with van der Waals surface area (Å²) >= 11 is 0. The van der Waals surface area contributed by atoms with Gasteiger partial charge in [0.25, 0.3) is 5.89 Å². The monoisotopic (exact) mass is 370 g/mol. The largest absolute Gasteiger partial charge is 0.493 e. The summed E-state index contributed by atoms with van der Waals surface area (Å²) < 4.78 is 26.7. The summed E-state index contributed by atoms with van der Waals surface area (Å²) in [5.41, 5.74) is 1.03. The van der Waals surface area contributed by atoms with Crippen molar-refractivity contribution < 1.29 is 28.2 Å². The molecule has 0 aliphatic carbocycles. The molecule has 0 saturated carbocycles. The highest BCUT2D eigenvalue weighted by molar-refractivity contribution is 5.89. The average molecular weight is 370 g/mol. The first-order valence-electron chi connectivity index (χ1n) is 8.01. The summed E-state index contributed by atoms with van der Waals surface area (Å²) in [4.78, 5) is 12.0. The number of rotatable bonds is 7. The number of hydrogen-bond acceptors (Lipinski definition) is 8. The molecule has 0 spiro atoms.